The van der Waals surface area contributed by atoms with Gasteiger partial charge in [0, 0.05) is 20.1 Å². The predicted octanol–water partition coefficient (Wildman–Crippen LogP) is 3.06. The zero-order valence-electron chi connectivity index (χ0n) is 17.1. The van der Waals surface area contributed by atoms with Gasteiger partial charge in [0.1, 0.15) is 11.4 Å². The minimum absolute atomic E-state index is 0.0315. The van der Waals surface area contributed by atoms with E-state index in [1.807, 2.05) is 6.92 Å². The lowest BCUT2D eigenvalue weighted by Crippen LogP contribution is -2.40. The van der Waals surface area contributed by atoms with E-state index in [0.717, 1.165) is 19.3 Å². The van der Waals surface area contributed by atoms with Crippen molar-refractivity contribution in [3.63, 3.8) is 0 Å². The number of benzene rings is 1. The summed E-state index contributed by atoms with van der Waals surface area (Å²) in [6.45, 7) is 6.22. The molecule has 152 valence electrons. The first kappa shape index (κ1) is 21.5. The molecule has 0 unspecified atom stereocenters. The number of rotatable bonds is 9. The van der Waals surface area contributed by atoms with Gasteiger partial charge in [0.2, 0.25) is 0 Å². The smallest absolute Gasteiger partial charge is 0.257 e. The number of phenolic OH excluding ortho intramolecular Hbond substituents is 1. The summed E-state index contributed by atoms with van der Waals surface area (Å²) < 4.78 is 0. The number of nitrogens with zero attached hydrogens (tertiary/aromatic N) is 1. The maximum atomic E-state index is 12.2. The number of phenols is 1. The van der Waals surface area contributed by atoms with Crippen LogP contribution in [0.1, 0.15) is 50.4 Å². The van der Waals surface area contributed by atoms with Crippen molar-refractivity contribution in [2.45, 2.75) is 46.1 Å². The van der Waals surface area contributed by atoms with E-state index in [1.165, 1.54) is 11.0 Å². The van der Waals surface area contributed by atoms with Gasteiger partial charge in [0.15, 0.2) is 5.75 Å². The Bertz CT molecular complexity index is 913. The van der Waals surface area contributed by atoms with Crippen LogP contribution in [-0.2, 0) is 0 Å². The monoisotopic (exact) mass is 387 g/mol. The molecular weight excluding hydrogens is 358 g/mol. The average Bonchev–Trinajstić information content (AvgIpc) is 2.68. The van der Waals surface area contributed by atoms with Crippen molar-refractivity contribution in [2.24, 2.45) is 5.92 Å². The lowest BCUT2D eigenvalue weighted by Gasteiger charge is -2.26. The molecule has 1 amide bonds. The Morgan fingerprint density at radius 3 is 2.36 bits per heavy atom. The number of hydrogen-bond acceptors (Lipinski definition) is 6. The largest absolute Gasteiger partial charge is 0.505 e. The molecule has 0 fully saturated rings. The molecule has 7 nitrogen and oxygen atoms in total. The SMILES string of the molecule is CCC[C@H](CC)[C@H](C)Nc1c(Nc2cccc(C(=O)N(C)C)c2O)c(=O)c1=O. The Balaban J connectivity index is 2.29. The highest BCUT2D eigenvalue weighted by atomic mass is 16.3. The standard InChI is InChI=1S/C21H29N3O4/c1-6-9-13(7-2)12(3)22-16-17(20(27)19(16)26)23-15-11-8-10-14(18(15)25)21(28)24(4)5/h8,10-13,22-23,25H,6-7,9H2,1-5H3/t12-,13-/m0/s1. The molecule has 0 bridgehead atoms. The fraction of sp³-hybridized carbons (Fsp3) is 0.476. The van der Waals surface area contributed by atoms with E-state index in [1.54, 1.807) is 26.2 Å². The average molecular weight is 387 g/mol. The number of nitrogens with one attached hydrogen (secondary N) is 2. The Hall–Kier alpha value is -2.83. The summed E-state index contributed by atoms with van der Waals surface area (Å²) in [6.07, 6.45) is 3.04. The highest BCUT2D eigenvalue weighted by Crippen LogP contribution is 2.32. The van der Waals surface area contributed by atoms with E-state index in [-0.39, 0.29) is 40.3 Å². The maximum Gasteiger partial charge on any atom is 0.257 e. The van der Waals surface area contributed by atoms with E-state index < -0.39 is 10.9 Å². The van der Waals surface area contributed by atoms with Gasteiger partial charge in [-0.25, -0.2) is 0 Å². The lowest BCUT2D eigenvalue weighted by molar-refractivity contribution is 0.0824. The van der Waals surface area contributed by atoms with Gasteiger partial charge in [-0.15, -0.1) is 0 Å². The number of amides is 1. The van der Waals surface area contributed by atoms with Crippen LogP contribution in [0.2, 0.25) is 0 Å². The van der Waals surface area contributed by atoms with Crippen molar-refractivity contribution in [2.75, 3.05) is 24.7 Å². The van der Waals surface area contributed by atoms with Gasteiger partial charge < -0.3 is 20.6 Å². The van der Waals surface area contributed by atoms with Crippen LogP contribution in [-0.4, -0.2) is 36.1 Å². The van der Waals surface area contributed by atoms with Crippen LogP contribution in [0.15, 0.2) is 27.8 Å². The van der Waals surface area contributed by atoms with Crippen LogP contribution in [0.25, 0.3) is 0 Å². The Kier molecular flexibility index (Phi) is 6.83. The third-order valence-corrected chi connectivity index (χ3v) is 5.11. The molecule has 0 aliphatic rings. The van der Waals surface area contributed by atoms with Gasteiger partial charge in [-0.1, -0.05) is 32.8 Å². The fourth-order valence-corrected chi connectivity index (χ4v) is 3.37. The number of aromatic hydroxyl groups is 1. The summed E-state index contributed by atoms with van der Waals surface area (Å²) >= 11 is 0. The first-order valence-corrected chi connectivity index (χ1v) is 9.63. The van der Waals surface area contributed by atoms with Crippen molar-refractivity contribution in [3.05, 3.63) is 44.2 Å². The third kappa shape index (κ3) is 4.18. The molecule has 0 aromatic heterocycles. The first-order valence-electron chi connectivity index (χ1n) is 9.63. The highest BCUT2D eigenvalue weighted by Gasteiger charge is 2.26. The summed E-state index contributed by atoms with van der Waals surface area (Å²) in [4.78, 5) is 37.7. The molecule has 2 rings (SSSR count). The minimum Gasteiger partial charge on any atom is -0.505 e. The Morgan fingerprint density at radius 1 is 1.14 bits per heavy atom. The highest BCUT2D eigenvalue weighted by molar-refractivity contribution is 5.99. The van der Waals surface area contributed by atoms with Crippen molar-refractivity contribution in [1.82, 2.24) is 4.90 Å². The molecule has 28 heavy (non-hydrogen) atoms. The molecule has 0 saturated heterocycles. The number of hydrogen-bond donors (Lipinski definition) is 3. The van der Waals surface area contributed by atoms with E-state index in [2.05, 4.69) is 24.5 Å². The predicted molar refractivity (Wildman–Crippen MR) is 113 cm³/mol. The fourth-order valence-electron chi connectivity index (χ4n) is 3.37. The molecular formula is C21H29N3O4. The van der Waals surface area contributed by atoms with Crippen LogP contribution >= 0.6 is 0 Å². The van der Waals surface area contributed by atoms with E-state index in [0.29, 0.717) is 5.92 Å². The van der Waals surface area contributed by atoms with Crippen LogP contribution < -0.4 is 21.5 Å². The van der Waals surface area contributed by atoms with E-state index in [4.69, 9.17) is 0 Å². The molecule has 2 aromatic rings. The molecule has 0 spiro atoms. The van der Waals surface area contributed by atoms with Crippen molar-refractivity contribution < 1.29 is 9.90 Å². The molecule has 0 radical (unpaired) electrons. The Labute approximate surface area is 165 Å². The molecule has 0 heterocycles. The summed E-state index contributed by atoms with van der Waals surface area (Å²) in [5.41, 5.74) is -0.534. The summed E-state index contributed by atoms with van der Waals surface area (Å²) in [5, 5.41) is 16.4. The quantitative estimate of drug-likeness (QED) is 0.452. The second-order valence-electron chi connectivity index (χ2n) is 7.32. The summed E-state index contributed by atoms with van der Waals surface area (Å²) in [7, 11) is 3.17. The van der Waals surface area contributed by atoms with Gasteiger partial charge in [0.05, 0.1) is 11.3 Å². The molecule has 0 aliphatic carbocycles. The molecule has 7 heteroatoms. The van der Waals surface area contributed by atoms with Crippen molar-refractivity contribution in [3.8, 4) is 5.75 Å². The molecule has 0 saturated carbocycles. The van der Waals surface area contributed by atoms with Crippen LogP contribution in [0.4, 0.5) is 17.1 Å². The zero-order chi connectivity index (χ0) is 21.0. The van der Waals surface area contributed by atoms with Gasteiger partial charge in [-0.3, -0.25) is 14.4 Å². The zero-order valence-corrected chi connectivity index (χ0v) is 17.1. The van der Waals surface area contributed by atoms with Crippen molar-refractivity contribution >= 4 is 23.0 Å². The molecule has 2 atom stereocenters. The number of anilines is 3. The first-order chi connectivity index (χ1) is 13.2. The maximum absolute atomic E-state index is 12.2. The van der Waals surface area contributed by atoms with Crippen LogP contribution in [0.3, 0.4) is 0 Å². The van der Waals surface area contributed by atoms with Gasteiger partial charge in [-0.05, 0) is 31.4 Å². The normalized spacial score (nSPS) is 13.2. The second-order valence-corrected chi connectivity index (χ2v) is 7.32. The van der Waals surface area contributed by atoms with Crippen LogP contribution in [0.5, 0.6) is 5.75 Å². The number of para-hydroxylation sites is 1. The van der Waals surface area contributed by atoms with Gasteiger partial charge >= 0.3 is 0 Å². The molecule has 3 N–H and O–H groups in total. The second kappa shape index (κ2) is 8.91. The van der Waals surface area contributed by atoms with Gasteiger partial charge in [0.25, 0.3) is 16.8 Å². The molecule has 0 aliphatic heterocycles. The van der Waals surface area contributed by atoms with E-state index >= 15 is 0 Å². The van der Waals surface area contributed by atoms with Crippen molar-refractivity contribution in [1.29, 1.82) is 0 Å². The molecule has 2 aromatic carbocycles. The van der Waals surface area contributed by atoms with Crippen LogP contribution in [0, 0.1) is 5.92 Å². The van der Waals surface area contributed by atoms with Gasteiger partial charge in [-0.2, -0.15) is 0 Å². The number of carbonyl (C=O) groups excluding carboxylic acids is 1. The third-order valence-electron chi connectivity index (χ3n) is 5.11. The topological polar surface area (TPSA) is 98.7 Å². The lowest BCUT2D eigenvalue weighted by atomic mass is 9.93. The van der Waals surface area contributed by atoms with E-state index in [9.17, 15) is 19.5 Å². The number of carbonyl (C=O) groups is 1. The summed E-state index contributed by atoms with van der Waals surface area (Å²) in [6, 6.07) is 4.69. The summed E-state index contributed by atoms with van der Waals surface area (Å²) in [5.74, 6) is -0.231. The minimum atomic E-state index is -0.637. The Morgan fingerprint density at radius 2 is 1.79 bits per heavy atom.